The highest BCUT2D eigenvalue weighted by molar-refractivity contribution is 5.27. The van der Waals surface area contributed by atoms with Crippen molar-refractivity contribution in [2.75, 3.05) is 33.9 Å². The largest absolute Gasteiger partial charge is 0.383 e. The van der Waals surface area contributed by atoms with Crippen LogP contribution in [0.4, 0.5) is 0 Å². The summed E-state index contributed by atoms with van der Waals surface area (Å²) in [5, 5.41) is 3.48. The normalized spacial score (nSPS) is 11.5. The van der Waals surface area contributed by atoms with Crippen LogP contribution < -0.4 is 5.32 Å². The summed E-state index contributed by atoms with van der Waals surface area (Å²) in [6.07, 6.45) is 1.09. The van der Waals surface area contributed by atoms with Gasteiger partial charge in [-0.25, -0.2) is 0 Å². The Balaban J connectivity index is 2.52. The molecule has 19 heavy (non-hydrogen) atoms. The Morgan fingerprint density at radius 2 is 1.89 bits per heavy atom. The van der Waals surface area contributed by atoms with Crippen molar-refractivity contribution in [3.8, 4) is 0 Å². The number of hydrogen-bond donors (Lipinski definition) is 1. The van der Waals surface area contributed by atoms with Crippen molar-refractivity contribution in [1.82, 2.24) is 10.2 Å². The molecular formula is C16H28N2O. The fourth-order valence-corrected chi connectivity index (χ4v) is 2.07. The van der Waals surface area contributed by atoms with Crippen LogP contribution in [0.1, 0.15) is 25.0 Å². The molecule has 3 nitrogen and oxygen atoms in total. The zero-order valence-corrected chi connectivity index (χ0v) is 12.8. The lowest BCUT2D eigenvalue weighted by molar-refractivity contribution is 0.158. The van der Waals surface area contributed by atoms with Crippen LogP contribution in [0, 0.1) is 0 Å². The number of nitrogens with zero attached hydrogens (tertiary/aromatic N) is 1. The van der Waals surface area contributed by atoms with Crippen molar-refractivity contribution < 1.29 is 4.74 Å². The Hall–Kier alpha value is -0.900. The first-order chi connectivity index (χ1) is 9.13. The van der Waals surface area contributed by atoms with Gasteiger partial charge in [-0.05, 0) is 31.1 Å². The molecule has 0 aliphatic carbocycles. The molecule has 1 aromatic rings. The average Bonchev–Trinajstić information content (AvgIpc) is 2.38. The predicted octanol–water partition coefficient (Wildman–Crippen LogP) is 2.31. The number of benzene rings is 1. The molecule has 0 unspecified atom stereocenters. The van der Waals surface area contributed by atoms with E-state index in [1.165, 1.54) is 11.1 Å². The summed E-state index contributed by atoms with van der Waals surface area (Å²) in [5.41, 5.74) is 2.87. The van der Waals surface area contributed by atoms with Gasteiger partial charge >= 0.3 is 0 Å². The highest BCUT2D eigenvalue weighted by atomic mass is 16.5. The lowest BCUT2D eigenvalue weighted by Crippen LogP contribution is -2.26. The van der Waals surface area contributed by atoms with Crippen LogP contribution >= 0.6 is 0 Å². The minimum absolute atomic E-state index is 0.552. The molecule has 0 saturated carbocycles. The average molecular weight is 264 g/mol. The van der Waals surface area contributed by atoms with Crippen LogP contribution in [-0.4, -0.2) is 44.8 Å². The van der Waals surface area contributed by atoms with Gasteiger partial charge in [0.15, 0.2) is 0 Å². The number of likely N-dealkylation sites (N-methyl/N-ethyl adjacent to an activating group) is 1. The van der Waals surface area contributed by atoms with Gasteiger partial charge in [0.1, 0.15) is 0 Å². The van der Waals surface area contributed by atoms with E-state index in [-0.39, 0.29) is 0 Å². The van der Waals surface area contributed by atoms with Crippen LogP contribution in [0.3, 0.4) is 0 Å². The highest BCUT2D eigenvalue weighted by Gasteiger charge is 2.05. The Morgan fingerprint density at radius 3 is 2.53 bits per heavy atom. The molecule has 0 bridgehead atoms. The van der Waals surface area contributed by atoms with Crippen LogP contribution in [0.2, 0.25) is 0 Å². The van der Waals surface area contributed by atoms with Gasteiger partial charge < -0.3 is 10.1 Å². The van der Waals surface area contributed by atoms with Crippen LogP contribution in [0.25, 0.3) is 0 Å². The summed E-state index contributed by atoms with van der Waals surface area (Å²) >= 11 is 0. The molecule has 0 saturated heterocycles. The minimum Gasteiger partial charge on any atom is -0.383 e. The summed E-state index contributed by atoms with van der Waals surface area (Å²) in [6, 6.07) is 9.27. The van der Waals surface area contributed by atoms with Gasteiger partial charge in [0.2, 0.25) is 0 Å². The van der Waals surface area contributed by atoms with E-state index in [9.17, 15) is 0 Å². The van der Waals surface area contributed by atoms with E-state index >= 15 is 0 Å². The Morgan fingerprint density at radius 1 is 1.21 bits per heavy atom. The van der Waals surface area contributed by atoms with Gasteiger partial charge in [-0.3, -0.25) is 4.90 Å². The molecule has 0 amide bonds. The maximum atomic E-state index is 5.12. The minimum atomic E-state index is 0.552. The van der Waals surface area contributed by atoms with Crippen molar-refractivity contribution in [1.29, 1.82) is 0 Å². The topological polar surface area (TPSA) is 24.5 Å². The van der Waals surface area contributed by atoms with Crippen molar-refractivity contribution in [2.45, 2.75) is 32.9 Å². The van der Waals surface area contributed by atoms with Crippen molar-refractivity contribution in [2.24, 2.45) is 0 Å². The van der Waals surface area contributed by atoms with Crippen LogP contribution in [0.15, 0.2) is 24.3 Å². The number of rotatable bonds is 9. The van der Waals surface area contributed by atoms with E-state index < -0.39 is 0 Å². The molecule has 0 radical (unpaired) electrons. The predicted molar refractivity (Wildman–Crippen MR) is 81.5 cm³/mol. The fraction of sp³-hybridized carbons (Fsp3) is 0.625. The fourth-order valence-electron chi connectivity index (χ4n) is 2.07. The Bertz CT molecular complexity index is 352. The third-order valence-corrected chi connectivity index (χ3v) is 3.18. The second-order valence-electron chi connectivity index (χ2n) is 5.36. The number of methoxy groups -OCH3 is 1. The highest BCUT2D eigenvalue weighted by Crippen LogP contribution is 2.11. The number of hydrogen-bond acceptors (Lipinski definition) is 3. The zero-order valence-electron chi connectivity index (χ0n) is 12.8. The maximum Gasteiger partial charge on any atom is 0.0589 e. The van der Waals surface area contributed by atoms with Gasteiger partial charge in [-0.15, -0.1) is 0 Å². The van der Waals surface area contributed by atoms with Crippen molar-refractivity contribution in [3.05, 3.63) is 35.4 Å². The van der Waals surface area contributed by atoms with E-state index in [0.717, 1.165) is 32.7 Å². The maximum absolute atomic E-state index is 5.12. The third-order valence-electron chi connectivity index (χ3n) is 3.18. The molecule has 0 aromatic heterocycles. The first-order valence-corrected chi connectivity index (χ1v) is 7.11. The van der Waals surface area contributed by atoms with Crippen molar-refractivity contribution >= 4 is 0 Å². The molecule has 0 atom stereocenters. The van der Waals surface area contributed by atoms with Crippen LogP contribution in [0.5, 0.6) is 0 Å². The Labute approximate surface area is 118 Å². The summed E-state index contributed by atoms with van der Waals surface area (Å²) in [4.78, 5) is 2.30. The van der Waals surface area contributed by atoms with Gasteiger partial charge in [-0.1, -0.05) is 38.1 Å². The lowest BCUT2D eigenvalue weighted by Gasteiger charge is -2.19. The quantitative estimate of drug-likeness (QED) is 0.741. The molecule has 0 fully saturated rings. The number of ether oxygens (including phenoxy) is 1. The molecular weight excluding hydrogens is 236 g/mol. The lowest BCUT2D eigenvalue weighted by atomic mass is 10.0. The monoisotopic (exact) mass is 264 g/mol. The third kappa shape index (κ3) is 6.71. The molecule has 1 rings (SSSR count). The van der Waals surface area contributed by atoms with Gasteiger partial charge in [0.25, 0.3) is 0 Å². The summed E-state index contributed by atoms with van der Waals surface area (Å²) in [7, 11) is 3.89. The number of nitrogens with one attached hydrogen (secondary N) is 1. The smallest absolute Gasteiger partial charge is 0.0589 e. The molecule has 1 N–H and O–H groups in total. The summed E-state index contributed by atoms with van der Waals surface area (Å²) < 4.78 is 5.12. The molecule has 0 heterocycles. The molecule has 0 aliphatic heterocycles. The SMILES string of the molecule is COCCN(C)Cc1ccccc1CCNC(C)C. The first kappa shape index (κ1) is 16.2. The molecule has 0 spiro atoms. The van der Waals surface area contributed by atoms with Crippen LogP contribution in [-0.2, 0) is 17.7 Å². The van der Waals surface area contributed by atoms with Crippen molar-refractivity contribution in [3.63, 3.8) is 0 Å². The molecule has 3 heteroatoms. The summed E-state index contributed by atoms with van der Waals surface area (Å²) in [6.45, 7) is 8.15. The van der Waals surface area contributed by atoms with E-state index in [2.05, 4.69) is 55.4 Å². The van der Waals surface area contributed by atoms with E-state index in [4.69, 9.17) is 4.74 Å². The van der Waals surface area contributed by atoms with E-state index in [1.54, 1.807) is 7.11 Å². The zero-order chi connectivity index (χ0) is 14.1. The standard InChI is InChI=1S/C16H28N2O/c1-14(2)17-10-9-15-7-5-6-8-16(15)13-18(3)11-12-19-4/h5-8,14,17H,9-13H2,1-4H3. The molecule has 108 valence electrons. The summed E-state index contributed by atoms with van der Waals surface area (Å²) in [5.74, 6) is 0. The Kier molecular flexibility index (Phi) is 7.72. The first-order valence-electron chi connectivity index (χ1n) is 7.11. The second-order valence-corrected chi connectivity index (χ2v) is 5.36. The van der Waals surface area contributed by atoms with Gasteiger partial charge in [-0.2, -0.15) is 0 Å². The van der Waals surface area contributed by atoms with Gasteiger partial charge in [0, 0.05) is 26.2 Å². The van der Waals surface area contributed by atoms with E-state index in [0.29, 0.717) is 6.04 Å². The molecule has 1 aromatic carbocycles. The van der Waals surface area contributed by atoms with E-state index in [1.807, 2.05) is 0 Å². The molecule has 0 aliphatic rings. The van der Waals surface area contributed by atoms with Gasteiger partial charge in [0.05, 0.1) is 6.61 Å². The second kappa shape index (κ2) is 9.08.